The molecule has 0 amide bonds. The first kappa shape index (κ1) is 19.5. The van der Waals surface area contributed by atoms with Gasteiger partial charge in [-0.1, -0.05) is 33.1 Å². The highest BCUT2D eigenvalue weighted by Crippen LogP contribution is 2.65. The van der Waals surface area contributed by atoms with Crippen molar-refractivity contribution in [2.75, 3.05) is 0 Å². The molecule has 0 aromatic rings. The molecule has 0 heterocycles. The van der Waals surface area contributed by atoms with Crippen LogP contribution >= 0.6 is 0 Å². The second-order valence-electron chi connectivity index (χ2n) is 11.6. The molecule has 8 atom stereocenters. The summed E-state index contributed by atoms with van der Waals surface area (Å²) >= 11 is 0. The Kier molecular flexibility index (Phi) is 4.94. The molecular weight excluding hydrogens is 346 g/mol. The molecule has 0 saturated heterocycles. The van der Waals surface area contributed by atoms with Gasteiger partial charge in [-0.3, -0.25) is 4.79 Å². The summed E-state index contributed by atoms with van der Waals surface area (Å²) < 4.78 is 0. The molecular formula is C25H41NO2. The molecule has 5 fully saturated rings. The fourth-order valence-electron chi connectivity index (χ4n) is 8.89. The normalized spacial score (nSPS) is 52.0. The van der Waals surface area contributed by atoms with Gasteiger partial charge in [0.05, 0.1) is 6.10 Å². The Morgan fingerprint density at radius 2 is 1.64 bits per heavy atom. The molecule has 158 valence electrons. The van der Waals surface area contributed by atoms with E-state index >= 15 is 0 Å². The Morgan fingerprint density at radius 1 is 0.857 bits per heavy atom. The van der Waals surface area contributed by atoms with Gasteiger partial charge < -0.3 is 10.4 Å². The van der Waals surface area contributed by atoms with E-state index < -0.39 is 0 Å². The number of carbonyl (C=O) groups excluding carboxylic acids is 1. The third-order valence-corrected chi connectivity index (χ3v) is 10.5. The maximum Gasteiger partial charge on any atom is 0.139 e. The number of nitrogens with one attached hydrogen (secondary N) is 1. The summed E-state index contributed by atoms with van der Waals surface area (Å²) in [7, 11) is 0. The maximum atomic E-state index is 12.6. The fraction of sp³-hybridized carbons (Fsp3) is 0.960. The van der Waals surface area contributed by atoms with Crippen LogP contribution in [0.3, 0.4) is 0 Å². The van der Waals surface area contributed by atoms with Gasteiger partial charge in [-0.15, -0.1) is 0 Å². The molecule has 0 bridgehead atoms. The molecule has 5 aliphatic carbocycles. The Labute approximate surface area is 171 Å². The second kappa shape index (κ2) is 7.08. The standard InChI is InChI=1S/C25H41NO2/c1-24-15-13-21(27)23(26-16-6-4-3-5-7-16)20(24)9-8-17-18-10-11-22(28)25(18,2)14-12-19(17)24/h16-21,23,26-27H,3-15H2,1-2H3/t17-,18-,19-,20-,21+,23+,24+,25-/m0/s1. The number of hydrogen-bond acceptors (Lipinski definition) is 3. The van der Waals surface area contributed by atoms with Crippen LogP contribution in [-0.2, 0) is 4.79 Å². The van der Waals surface area contributed by atoms with Gasteiger partial charge >= 0.3 is 0 Å². The summed E-state index contributed by atoms with van der Waals surface area (Å²) in [5, 5.41) is 15.0. The van der Waals surface area contributed by atoms with Crippen molar-refractivity contribution in [1.82, 2.24) is 5.32 Å². The molecule has 3 heteroatoms. The van der Waals surface area contributed by atoms with E-state index in [-0.39, 0.29) is 11.5 Å². The molecule has 0 radical (unpaired) electrons. The first-order chi connectivity index (χ1) is 13.4. The molecule has 0 aromatic heterocycles. The lowest BCUT2D eigenvalue weighted by Crippen LogP contribution is -2.63. The second-order valence-corrected chi connectivity index (χ2v) is 11.6. The van der Waals surface area contributed by atoms with Gasteiger partial charge in [-0.25, -0.2) is 0 Å². The zero-order valence-electron chi connectivity index (χ0n) is 18.1. The van der Waals surface area contributed by atoms with E-state index in [9.17, 15) is 9.90 Å². The summed E-state index contributed by atoms with van der Waals surface area (Å²) in [4.78, 5) is 12.6. The van der Waals surface area contributed by atoms with Gasteiger partial charge in [-0.05, 0) is 86.9 Å². The summed E-state index contributed by atoms with van der Waals surface area (Å²) in [6.07, 6.45) is 15.5. The average Bonchev–Trinajstić information content (AvgIpc) is 3.00. The van der Waals surface area contributed by atoms with E-state index in [4.69, 9.17) is 0 Å². The van der Waals surface area contributed by atoms with Crippen LogP contribution in [0.5, 0.6) is 0 Å². The third-order valence-electron chi connectivity index (χ3n) is 10.5. The van der Waals surface area contributed by atoms with Gasteiger partial charge in [0, 0.05) is 23.9 Å². The van der Waals surface area contributed by atoms with Crippen LogP contribution in [0.4, 0.5) is 0 Å². The van der Waals surface area contributed by atoms with Crippen LogP contribution in [0.2, 0.25) is 0 Å². The molecule has 5 aliphatic rings. The highest BCUT2D eigenvalue weighted by molar-refractivity contribution is 5.87. The average molecular weight is 388 g/mol. The predicted molar refractivity (Wildman–Crippen MR) is 112 cm³/mol. The monoisotopic (exact) mass is 387 g/mol. The summed E-state index contributed by atoms with van der Waals surface area (Å²) in [5.74, 6) is 3.31. The van der Waals surface area contributed by atoms with E-state index in [2.05, 4.69) is 19.2 Å². The minimum Gasteiger partial charge on any atom is -0.391 e. The van der Waals surface area contributed by atoms with E-state index in [1.807, 2.05) is 0 Å². The van der Waals surface area contributed by atoms with Crippen molar-refractivity contribution in [3.8, 4) is 0 Å². The Hall–Kier alpha value is -0.410. The Bertz CT molecular complexity index is 614. The number of Topliss-reactive ketones (excluding diaryl/α,β-unsaturated/α-hetero) is 1. The SMILES string of the molecule is C[C@]12CC[C@@H](O)[C@H](NC3CCCCC3)[C@@H]1CC[C@@H]1[C@@H]2CC[C@]2(C)C(=O)CC[C@@H]12. The van der Waals surface area contributed by atoms with Crippen molar-refractivity contribution in [3.63, 3.8) is 0 Å². The molecule has 28 heavy (non-hydrogen) atoms. The Balaban J connectivity index is 1.38. The zero-order valence-corrected chi connectivity index (χ0v) is 18.1. The van der Waals surface area contributed by atoms with Crippen molar-refractivity contribution in [2.45, 2.75) is 116 Å². The molecule has 2 N–H and O–H groups in total. The van der Waals surface area contributed by atoms with Gasteiger partial charge in [0.1, 0.15) is 5.78 Å². The topological polar surface area (TPSA) is 49.3 Å². The zero-order chi connectivity index (χ0) is 19.5. The number of fused-ring (bicyclic) bond motifs is 5. The van der Waals surface area contributed by atoms with Crippen molar-refractivity contribution in [3.05, 3.63) is 0 Å². The highest BCUT2D eigenvalue weighted by atomic mass is 16.3. The predicted octanol–water partition coefficient (Wildman–Crippen LogP) is 4.86. The first-order valence-electron chi connectivity index (χ1n) is 12.4. The van der Waals surface area contributed by atoms with Crippen LogP contribution < -0.4 is 5.32 Å². The number of hydrogen-bond donors (Lipinski definition) is 2. The van der Waals surface area contributed by atoms with E-state index in [0.717, 1.165) is 37.5 Å². The van der Waals surface area contributed by atoms with Crippen LogP contribution in [0, 0.1) is 34.5 Å². The highest BCUT2D eigenvalue weighted by Gasteiger charge is 2.61. The first-order valence-corrected chi connectivity index (χ1v) is 12.4. The van der Waals surface area contributed by atoms with Gasteiger partial charge in [0.25, 0.3) is 0 Å². The van der Waals surface area contributed by atoms with Crippen molar-refractivity contribution >= 4 is 5.78 Å². The van der Waals surface area contributed by atoms with Gasteiger partial charge in [0.2, 0.25) is 0 Å². The number of carbonyl (C=O) groups is 1. The van der Waals surface area contributed by atoms with Crippen LogP contribution in [0.15, 0.2) is 0 Å². The lowest BCUT2D eigenvalue weighted by atomic mass is 9.44. The summed E-state index contributed by atoms with van der Waals surface area (Å²) in [5.41, 5.74) is 0.333. The van der Waals surface area contributed by atoms with Crippen LogP contribution in [0.1, 0.15) is 97.3 Å². The van der Waals surface area contributed by atoms with Crippen molar-refractivity contribution < 1.29 is 9.90 Å². The number of aliphatic hydroxyl groups excluding tert-OH is 1. The minimum atomic E-state index is -0.168. The van der Waals surface area contributed by atoms with E-state index in [0.29, 0.717) is 35.1 Å². The molecule has 0 aliphatic heterocycles. The minimum absolute atomic E-state index is 0.0156. The number of aliphatic hydroxyl groups is 1. The van der Waals surface area contributed by atoms with Crippen molar-refractivity contribution in [1.29, 1.82) is 0 Å². The summed E-state index contributed by atoms with van der Waals surface area (Å²) in [6, 6.07) is 0.914. The molecule has 5 rings (SSSR count). The lowest BCUT2D eigenvalue weighted by Gasteiger charge is -2.62. The quantitative estimate of drug-likeness (QED) is 0.711. The molecule has 5 saturated carbocycles. The summed E-state index contributed by atoms with van der Waals surface area (Å²) in [6.45, 7) is 4.85. The number of rotatable bonds is 2. The smallest absolute Gasteiger partial charge is 0.139 e. The van der Waals surface area contributed by atoms with Crippen LogP contribution in [-0.4, -0.2) is 29.1 Å². The van der Waals surface area contributed by atoms with Gasteiger partial charge in [-0.2, -0.15) is 0 Å². The largest absolute Gasteiger partial charge is 0.391 e. The molecule has 0 aromatic carbocycles. The van der Waals surface area contributed by atoms with E-state index in [1.165, 1.54) is 57.8 Å². The third kappa shape index (κ3) is 2.86. The van der Waals surface area contributed by atoms with Crippen LogP contribution in [0.25, 0.3) is 0 Å². The van der Waals surface area contributed by atoms with Crippen molar-refractivity contribution in [2.24, 2.45) is 34.5 Å². The van der Waals surface area contributed by atoms with E-state index in [1.54, 1.807) is 0 Å². The van der Waals surface area contributed by atoms with Gasteiger partial charge in [0.15, 0.2) is 0 Å². The Morgan fingerprint density at radius 3 is 2.43 bits per heavy atom. The molecule has 0 spiro atoms. The maximum absolute atomic E-state index is 12.6. The fourth-order valence-corrected chi connectivity index (χ4v) is 8.89. The lowest BCUT2D eigenvalue weighted by molar-refractivity contribution is -0.148. The molecule has 0 unspecified atom stereocenters. The number of ketones is 1. The molecule has 3 nitrogen and oxygen atoms in total.